The number of amides is 1. The Morgan fingerprint density at radius 1 is 1.06 bits per heavy atom. The molecule has 0 radical (unpaired) electrons. The van der Waals surface area contributed by atoms with Gasteiger partial charge in [0.05, 0.1) is 6.54 Å². The number of carbonyl (C=O) groups is 1. The molecule has 8 nitrogen and oxygen atoms in total. The van der Waals surface area contributed by atoms with E-state index in [0.717, 1.165) is 48.1 Å². The third kappa shape index (κ3) is 3.95. The zero-order valence-corrected chi connectivity index (χ0v) is 18.7. The number of rotatable bonds is 5. The van der Waals surface area contributed by atoms with Crippen LogP contribution in [0.25, 0.3) is 5.82 Å². The predicted molar refractivity (Wildman–Crippen MR) is 126 cm³/mol. The van der Waals surface area contributed by atoms with E-state index in [9.17, 15) is 4.79 Å². The SMILES string of the molecule is O=C1OCCN1c1ccc2c(c1)CN(c1ncc(Cc3ccc(-n4cccn4)nc3)s1)CC2. The van der Waals surface area contributed by atoms with Gasteiger partial charge in [-0.05, 0) is 47.4 Å². The number of carbonyl (C=O) groups excluding carboxylic acids is 1. The maximum atomic E-state index is 11.9. The first-order valence-electron chi connectivity index (χ1n) is 10.9. The molecule has 2 aliphatic heterocycles. The second kappa shape index (κ2) is 8.32. The molecule has 1 aromatic carbocycles. The van der Waals surface area contributed by atoms with Gasteiger partial charge in [-0.1, -0.05) is 12.1 Å². The molecule has 1 saturated heterocycles. The normalized spacial score (nSPS) is 15.6. The lowest BCUT2D eigenvalue weighted by molar-refractivity contribution is 0.181. The fraction of sp³-hybridized carbons (Fsp3) is 0.250. The monoisotopic (exact) mass is 458 g/mol. The van der Waals surface area contributed by atoms with E-state index in [1.54, 1.807) is 27.1 Å². The van der Waals surface area contributed by atoms with Gasteiger partial charge < -0.3 is 9.64 Å². The summed E-state index contributed by atoms with van der Waals surface area (Å²) in [5, 5.41) is 5.25. The molecule has 6 rings (SSSR count). The first-order chi connectivity index (χ1) is 16.2. The minimum Gasteiger partial charge on any atom is -0.447 e. The summed E-state index contributed by atoms with van der Waals surface area (Å²) < 4.78 is 6.84. The summed E-state index contributed by atoms with van der Waals surface area (Å²) in [5.41, 5.74) is 4.63. The van der Waals surface area contributed by atoms with Crippen molar-refractivity contribution in [3.8, 4) is 5.82 Å². The highest BCUT2D eigenvalue weighted by Gasteiger charge is 2.26. The van der Waals surface area contributed by atoms with Gasteiger partial charge in [-0.25, -0.2) is 19.4 Å². The lowest BCUT2D eigenvalue weighted by Gasteiger charge is -2.29. The van der Waals surface area contributed by atoms with Crippen molar-refractivity contribution in [3.63, 3.8) is 0 Å². The number of hydrogen-bond acceptors (Lipinski definition) is 7. The molecule has 0 unspecified atom stereocenters. The van der Waals surface area contributed by atoms with Gasteiger partial charge in [0.1, 0.15) is 6.61 Å². The van der Waals surface area contributed by atoms with Gasteiger partial charge in [0.25, 0.3) is 0 Å². The van der Waals surface area contributed by atoms with E-state index >= 15 is 0 Å². The number of anilines is 2. The van der Waals surface area contributed by atoms with E-state index in [1.807, 2.05) is 36.8 Å². The van der Waals surface area contributed by atoms with Crippen LogP contribution in [-0.4, -0.2) is 45.5 Å². The van der Waals surface area contributed by atoms with Crippen LogP contribution < -0.4 is 9.80 Å². The third-order valence-electron chi connectivity index (χ3n) is 6.01. The van der Waals surface area contributed by atoms with E-state index in [4.69, 9.17) is 9.72 Å². The maximum Gasteiger partial charge on any atom is 0.414 e. The smallest absolute Gasteiger partial charge is 0.414 e. The highest BCUT2D eigenvalue weighted by atomic mass is 32.1. The van der Waals surface area contributed by atoms with Crippen LogP contribution in [0.5, 0.6) is 0 Å². The third-order valence-corrected chi connectivity index (χ3v) is 7.07. The number of fused-ring (bicyclic) bond motifs is 1. The summed E-state index contributed by atoms with van der Waals surface area (Å²) in [5.74, 6) is 0.808. The van der Waals surface area contributed by atoms with Gasteiger partial charge in [0.15, 0.2) is 10.9 Å². The largest absolute Gasteiger partial charge is 0.447 e. The molecule has 1 fully saturated rings. The molecule has 0 saturated carbocycles. The summed E-state index contributed by atoms with van der Waals surface area (Å²) in [4.78, 5) is 26.4. The highest BCUT2D eigenvalue weighted by molar-refractivity contribution is 7.15. The topological polar surface area (TPSA) is 76.4 Å². The van der Waals surface area contributed by atoms with Gasteiger partial charge in [0.2, 0.25) is 0 Å². The number of benzene rings is 1. The molecule has 0 N–H and O–H groups in total. The van der Waals surface area contributed by atoms with Crippen LogP contribution in [0.15, 0.2) is 61.2 Å². The number of thiazole rings is 1. The molecule has 2 aliphatic rings. The first-order valence-corrected chi connectivity index (χ1v) is 11.8. The van der Waals surface area contributed by atoms with Crippen molar-refractivity contribution in [2.75, 3.05) is 29.5 Å². The predicted octanol–water partition coefficient (Wildman–Crippen LogP) is 3.83. The maximum absolute atomic E-state index is 11.9. The van der Waals surface area contributed by atoms with Crippen LogP contribution in [0.3, 0.4) is 0 Å². The fourth-order valence-corrected chi connectivity index (χ4v) is 5.26. The van der Waals surface area contributed by atoms with Gasteiger partial charge >= 0.3 is 6.09 Å². The number of cyclic esters (lactones) is 1. The molecule has 9 heteroatoms. The number of pyridine rings is 1. The number of nitrogens with zero attached hydrogens (tertiary/aromatic N) is 6. The van der Waals surface area contributed by atoms with E-state index in [2.05, 4.69) is 33.2 Å². The van der Waals surface area contributed by atoms with Crippen LogP contribution in [0.2, 0.25) is 0 Å². The molecule has 33 heavy (non-hydrogen) atoms. The van der Waals surface area contributed by atoms with Crippen LogP contribution in [0, 0.1) is 0 Å². The van der Waals surface area contributed by atoms with Crippen molar-refractivity contribution in [2.24, 2.45) is 0 Å². The Kier molecular flexibility index (Phi) is 5.03. The average molecular weight is 459 g/mol. The molecule has 4 aromatic rings. The number of hydrogen-bond donors (Lipinski definition) is 0. The van der Waals surface area contributed by atoms with E-state index in [-0.39, 0.29) is 6.09 Å². The second-order valence-corrected chi connectivity index (χ2v) is 9.25. The van der Waals surface area contributed by atoms with Crippen molar-refractivity contribution >= 4 is 28.2 Å². The van der Waals surface area contributed by atoms with E-state index in [0.29, 0.717) is 13.2 Å². The molecule has 0 bridgehead atoms. The summed E-state index contributed by atoms with van der Waals surface area (Å²) in [7, 11) is 0. The second-order valence-electron chi connectivity index (χ2n) is 8.15. The molecule has 0 atom stereocenters. The zero-order valence-electron chi connectivity index (χ0n) is 17.9. The number of ether oxygens (including phenoxy) is 1. The van der Waals surface area contributed by atoms with Crippen molar-refractivity contribution in [1.29, 1.82) is 0 Å². The molecule has 0 aliphatic carbocycles. The Morgan fingerprint density at radius 3 is 2.82 bits per heavy atom. The quantitative estimate of drug-likeness (QED) is 0.452. The van der Waals surface area contributed by atoms with Gasteiger partial charge in [-0.3, -0.25) is 4.90 Å². The molecule has 166 valence electrons. The minimum atomic E-state index is -0.265. The van der Waals surface area contributed by atoms with Gasteiger partial charge in [-0.15, -0.1) is 11.3 Å². The summed E-state index contributed by atoms with van der Waals surface area (Å²) in [6.45, 7) is 2.78. The molecular formula is C24H22N6O2S. The van der Waals surface area contributed by atoms with Gasteiger partial charge in [0, 0.05) is 54.9 Å². The van der Waals surface area contributed by atoms with Crippen molar-refractivity contribution in [3.05, 3.63) is 82.8 Å². The lowest BCUT2D eigenvalue weighted by Crippen LogP contribution is -2.31. The Labute approximate surface area is 195 Å². The molecule has 0 spiro atoms. The van der Waals surface area contributed by atoms with Crippen molar-refractivity contribution < 1.29 is 9.53 Å². The average Bonchev–Trinajstić information content (AvgIpc) is 3.61. The standard InChI is InChI=1S/C24H22N6O2S/c31-24-29(10-11-32-24)20-4-3-18-6-9-28(16-19(18)13-20)23-26-15-21(33-23)12-17-2-5-22(25-14-17)30-8-1-7-27-30/h1-5,7-8,13-15H,6,9-12,16H2. The van der Waals surface area contributed by atoms with E-state index in [1.165, 1.54) is 16.0 Å². The summed E-state index contributed by atoms with van der Waals surface area (Å²) in [6.07, 6.45) is 9.00. The zero-order chi connectivity index (χ0) is 22.2. The Hall–Kier alpha value is -3.72. The van der Waals surface area contributed by atoms with Crippen molar-refractivity contribution in [1.82, 2.24) is 19.7 Å². The summed E-state index contributed by atoms with van der Waals surface area (Å²) in [6, 6.07) is 12.2. The number of aromatic nitrogens is 4. The first kappa shape index (κ1) is 19.9. The minimum absolute atomic E-state index is 0.265. The van der Waals surface area contributed by atoms with Crippen LogP contribution in [0.1, 0.15) is 21.6 Å². The van der Waals surface area contributed by atoms with Crippen LogP contribution in [0.4, 0.5) is 15.6 Å². The fourth-order valence-electron chi connectivity index (χ4n) is 4.29. The van der Waals surface area contributed by atoms with Crippen LogP contribution >= 0.6 is 11.3 Å². The van der Waals surface area contributed by atoms with E-state index < -0.39 is 0 Å². The highest BCUT2D eigenvalue weighted by Crippen LogP contribution is 2.31. The molecule has 3 aromatic heterocycles. The Bertz CT molecular complexity index is 1280. The Morgan fingerprint density at radius 2 is 2.03 bits per heavy atom. The molecule has 5 heterocycles. The van der Waals surface area contributed by atoms with Crippen LogP contribution in [-0.2, 0) is 24.1 Å². The van der Waals surface area contributed by atoms with Gasteiger partial charge in [-0.2, -0.15) is 5.10 Å². The summed E-state index contributed by atoms with van der Waals surface area (Å²) >= 11 is 1.73. The lowest BCUT2D eigenvalue weighted by atomic mass is 9.99. The van der Waals surface area contributed by atoms with Crippen molar-refractivity contribution in [2.45, 2.75) is 19.4 Å². The molecule has 1 amide bonds. The molecular weight excluding hydrogens is 436 g/mol. The Balaban J connectivity index is 1.15.